The second-order valence-corrected chi connectivity index (χ2v) is 5.40. The Morgan fingerprint density at radius 2 is 1.68 bits per heavy atom. The summed E-state index contributed by atoms with van der Waals surface area (Å²) < 4.78 is 28.3. The van der Waals surface area contributed by atoms with E-state index in [2.05, 4.69) is 5.32 Å². The summed E-state index contributed by atoms with van der Waals surface area (Å²) in [5.41, 5.74) is 2.58. The van der Waals surface area contributed by atoms with E-state index in [0.717, 1.165) is 11.1 Å². The molecule has 1 atom stereocenters. The van der Waals surface area contributed by atoms with E-state index >= 15 is 0 Å². The SMILES string of the molecule is CNC(C)C(=C(C)C)c1ccc(F)c(C(C)C)c1F. The molecule has 3 heteroatoms. The molecule has 0 aliphatic rings. The maximum absolute atomic E-state index is 14.6. The van der Waals surface area contributed by atoms with Crippen molar-refractivity contribution >= 4 is 5.57 Å². The lowest BCUT2D eigenvalue weighted by Crippen LogP contribution is -2.24. The second-order valence-electron chi connectivity index (χ2n) is 5.40. The van der Waals surface area contributed by atoms with Gasteiger partial charge >= 0.3 is 0 Å². The summed E-state index contributed by atoms with van der Waals surface area (Å²) in [6, 6.07) is 2.91. The highest BCUT2D eigenvalue weighted by Gasteiger charge is 2.21. The van der Waals surface area contributed by atoms with Gasteiger partial charge in [-0.25, -0.2) is 8.78 Å². The summed E-state index contributed by atoms with van der Waals surface area (Å²) in [7, 11) is 1.83. The predicted octanol–water partition coefficient (Wildman–Crippen LogP) is 4.49. The lowest BCUT2D eigenvalue weighted by molar-refractivity contribution is 0.538. The molecule has 0 fully saturated rings. The largest absolute Gasteiger partial charge is 0.313 e. The first-order valence-electron chi connectivity index (χ1n) is 6.64. The van der Waals surface area contributed by atoms with E-state index in [4.69, 9.17) is 0 Å². The van der Waals surface area contributed by atoms with Crippen LogP contribution in [0, 0.1) is 11.6 Å². The molecule has 0 spiro atoms. The maximum atomic E-state index is 14.6. The molecule has 0 saturated heterocycles. The van der Waals surface area contributed by atoms with Gasteiger partial charge in [0.2, 0.25) is 0 Å². The quantitative estimate of drug-likeness (QED) is 0.847. The Bertz CT molecular complexity index is 486. The van der Waals surface area contributed by atoms with Gasteiger partial charge < -0.3 is 5.32 Å². The minimum Gasteiger partial charge on any atom is -0.313 e. The lowest BCUT2D eigenvalue weighted by Gasteiger charge is -2.21. The molecule has 0 amide bonds. The fraction of sp³-hybridized carbons (Fsp3) is 0.500. The van der Waals surface area contributed by atoms with Crippen LogP contribution in [0.2, 0.25) is 0 Å². The second kappa shape index (κ2) is 6.29. The van der Waals surface area contributed by atoms with Crippen LogP contribution in [0.15, 0.2) is 17.7 Å². The first-order chi connectivity index (χ1) is 8.81. The van der Waals surface area contributed by atoms with Crippen LogP contribution in [0.5, 0.6) is 0 Å². The van der Waals surface area contributed by atoms with Gasteiger partial charge in [0.05, 0.1) is 0 Å². The van der Waals surface area contributed by atoms with Crippen molar-refractivity contribution in [2.45, 2.75) is 46.6 Å². The monoisotopic (exact) mass is 267 g/mol. The van der Waals surface area contributed by atoms with Gasteiger partial charge in [0.1, 0.15) is 11.6 Å². The van der Waals surface area contributed by atoms with Crippen molar-refractivity contribution in [1.82, 2.24) is 5.32 Å². The van der Waals surface area contributed by atoms with Gasteiger partial charge in [-0.3, -0.25) is 0 Å². The van der Waals surface area contributed by atoms with Gasteiger partial charge in [-0.2, -0.15) is 0 Å². The maximum Gasteiger partial charge on any atom is 0.137 e. The van der Waals surface area contributed by atoms with Crippen LogP contribution >= 0.6 is 0 Å². The molecule has 1 unspecified atom stereocenters. The fourth-order valence-electron chi connectivity index (χ4n) is 2.39. The third-order valence-electron chi connectivity index (χ3n) is 3.40. The van der Waals surface area contributed by atoms with Crippen molar-refractivity contribution in [1.29, 1.82) is 0 Å². The number of nitrogens with one attached hydrogen (secondary N) is 1. The Kier molecular flexibility index (Phi) is 5.24. The van der Waals surface area contributed by atoms with Gasteiger partial charge in [0.15, 0.2) is 0 Å². The van der Waals surface area contributed by atoms with Crippen LogP contribution in [-0.4, -0.2) is 13.1 Å². The van der Waals surface area contributed by atoms with E-state index in [9.17, 15) is 8.78 Å². The molecule has 1 aromatic rings. The molecule has 1 aromatic carbocycles. The van der Waals surface area contributed by atoms with Gasteiger partial charge in [-0.05, 0) is 51.4 Å². The molecule has 0 aliphatic carbocycles. The van der Waals surface area contributed by atoms with Crippen molar-refractivity contribution in [3.05, 3.63) is 40.5 Å². The standard InChI is InChI=1S/C16H23F2N/c1-9(2)14(11(5)19-6)12-7-8-13(17)15(10(3)4)16(12)18/h7-8,10-11,19H,1-6H3. The van der Waals surface area contributed by atoms with Gasteiger partial charge in [0, 0.05) is 17.2 Å². The molecular weight excluding hydrogens is 244 g/mol. The Morgan fingerprint density at radius 1 is 1.11 bits per heavy atom. The number of rotatable bonds is 4. The Labute approximate surface area is 114 Å². The molecule has 1 rings (SSSR count). The van der Waals surface area contributed by atoms with Crippen molar-refractivity contribution in [2.24, 2.45) is 0 Å². The molecule has 0 radical (unpaired) electrons. The smallest absolute Gasteiger partial charge is 0.137 e. The normalized spacial score (nSPS) is 12.7. The van der Waals surface area contributed by atoms with E-state index in [1.165, 1.54) is 12.1 Å². The first kappa shape index (κ1) is 15.8. The number of allylic oxidation sites excluding steroid dienone is 1. The molecular formula is C16H23F2N. The van der Waals surface area contributed by atoms with Gasteiger partial charge in [-0.1, -0.05) is 19.4 Å². The number of likely N-dealkylation sites (N-methyl/N-ethyl adjacent to an activating group) is 1. The molecule has 0 bridgehead atoms. The third-order valence-corrected chi connectivity index (χ3v) is 3.40. The molecule has 19 heavy (non-hydrogen) atoms. The van der Waals surface area contributed by atoms with Crippen LogP contribution in [-0.2, 0) is 0 Å². The average Bonchev–Trinajstić information content (AvgIpc) is 2.31. The highest BCUT2D eigenvalue weighted by Crippen LogP contribution is 2.31. The van der Waals surface area contributed by atoms with Crippen molar-refractivity contribution in [3.63, 3.8) is 0 Å². The zero-order valence-electron chi connectivity index (χ0n) is 12.6. The van der Waals surface area contributed by atoms with Crippen LogP contribution in [0.3, 0.4) is 0 Å². The molecule has 1 N–H and O–H groups in total. The number of hydrogen-bond donors (Lipinski definition) is 1. The number of hydrogen-bond acceptors (Lipinski definition) is 1. The predicted molar refractivity (Wildman–Crippen MR) is 77.2 cm³/mol. The Morgan fingerprint density at radius 3 is 2.11 bits per heavy atom. The lowest BCUT2D eigenvalue weighted by atomic mass is 9.90. The first-order valence-corrected chi connectivity index (χ1v) is 6.64. The molecule has 0 aliphatic heterocycles. The Balaban J connectivity index is 3.51. The summed E-state index contributed by atoms with van der Waals surface area (Å²) >= 11 is 0. The average molecular weight is 267 g/mol. The molecule has 1 nitrogen and oxygen atoms in total. The zero-order chi connectivity index (χ0) is 14.7. The summed E-state index contributed by atoms with van der Waals surface area (Å²) in [5.74, 6) is -1.09. The van der Waals surface area contributed by atoms with E-state index < -0.39 is 11.6 Å². The summed E-state index contributed by atoms with van der Waals surface area (Å²) in [6.45, 7) is 9.46. The fourth-order valence-corrected chi connectivity index (χ4v) is 2.39. The van der Waals surface area contributed by atoms with Crippen molar-refractivity contribution < 1.29 is 8.78 Å². The van der Waals surface area contributed by atoms with Gasteiger partial charge in [0.25, 0.3) is 0 Å². The van der Waals surface area contributed by atoms with Crippen LogP contribution in [0.4, 0.5) is 8.78 Å². The highest BCUT2D eigenvalue weighted by atomic mass is 19.1. The molecule has 106 valence electrons. The van der Waals surface area contributed by atoms with E-state index in [0.29, 0.717) is 5.56 Å². The minimum atomic E-state index is -0.471. The number of benzene rings is 1. The van der Waals surface area contributed by atoms with Gasteiger partial charge in [-0.15, -0.1) is 0 Å². The Hall–Kier alpha value is -1.22. The molecule has 0 heterocycles. The highest BCUT2D eigenvalue weighted by molar-refractivity contribution is 5.72. The minimum absolute atomic E-state index is 0.0185. The van der Waals surface area contributed by atoms with Crippen molar-refractivity contribution in [2.75, 3.05) is 7.05 Å². The third kappa shape index (κ3) is 3.21. The summed E-state index contributed by atoms with van der Waals surface area (Å²) in [4.78, 5) is 0. The van der Waals surface area contributed by atoms with Crippen LogP contribution in [0.1, 0.15) is 51.7 Å². The topological polar surface area (TPSA) is 12.0 Å². The summed E-state index contributed by atoms with van der Waals surface area (Å²) in [5, 5.41) is 3.12. The van der Waals surface area contributed by atoms with Crippen LogP contribution in [0.25, 0.3) is 5.57 Å². The number of halogens is 2. The van der Waals surface area contributed by atoms with Crippen molar-refractivity contribution in [3.8, 4) is 0 Å². The van der Waals surface area contributed by atoms with E-state index in [1.807, 2.05) is 27.8 Å². The van der Waals surface area contributed by atoms with Crippen LogP contribution < -0.4 is 5.32 Å². The zero-order valence-corrected chi connectivity index (χ0v) is 12.6. The van der Waals surface area contributed by atoms with E-state index in [-0.39, 0.29) is 17.5 Å². The van der Waals surface area contributed by atoms with E-state index in [1.54, 1.807) is 13.8 Å². The molecule has 0 saturated carbocycles. The molecule has 0 aromatic heterocycles. The summed E-state index contributed by atoms with van der Waals surface area (Å²) in [6.07, 6.45) is 0.